The first-order chi connectivity index (χ1) is 13.0. The number of nitrogens with two attached hydrogens (primary N) is 1. The number of rotatable bonds is 7. The van der Waals surface area contributed by atoms with Crippen LogP contribution >= 0.6 is 11.8 Å². The Kier molecular flexibility index (Phi) is 6.02. The molecule has 0 saturated heterocycles. The number of amides is 1. The van der Waals surface area contributed by atoms with Crippen molar-refractivity contribution < 1.29 is 13.6 Å². The van der Waals surface area contributed by atoms with Crippen LogP contribution in [0.25, 0.3) is 11.4 Å². The van der Waals surface area contributed by atoms with E-state index < -0.39 is 5.82 Å². The molecule has 9 heteroatoms. The Balaban J connectivity index is 1.49. The summed E-state index contributed by atoms with van der Waals surface area (Å²) in [4.78, 5) is 12.0. The Morgan fingerprint density at radius 3 is 2.63 bits per heavy atom. The number of thioether (sulfide) groups is 1. The number of nitrogens with one attached hydrogen (secondary N) is 1. The van der Waals surface area contributed by atoms with Crippen LogP contribution in [0.1, 0.15) is 5.56 Å². The van der Waals surface area contributed by atoms with Gasteiger partial charge in [-0.2, -0.15) is 0 Å². The number of nitrogens with zero attached hydrogens (tertiary/aromatic N) is 3. The van der Waals surface area contributed by atoms with Crippen LogP contribution in [0.5, 0.6) is 0 Å². The third-order valence-corrected chi connectivity index (χ3v) is 4.67. The van der Waals surface area contributed by atoms with Crippen LogP contribution < -0.4 is 11.2 Å². The van der Waals surface area contributed by atoms with E-state index in [1.165, 1.54) is 28.9 Å². The van der Waals surface area contributed by atoms with Crippen molar-refractivity contribution in [3.63, 3.8) is 0 Å². The van der Waals surface area contributed by atoms with Gasteiger partial charge in [0.05, 0.1) is 5.75 Å². The molecule has 3 N–H and O–H groups in total. The second kappa shape index (κ2) is 8.63. The van der Waals surface area contributed by atoms with E-state index in [1.54, 1.807) is 24.3 Å². The summed E-state index contributed by atoms with van der Waals surface area (Å²) in [7, 11) is 0. The van der Waals surface area contributed by atoms with Gasteiger partial charge in [-0.3, -0.25) is 4.79 Å². The predicted molar refractivity (Wildman–Crippen MR) is 99.4 cm³/mol. The molecule has 0 atom stereocenters. The zero-order chi connectivity index (χ0) is 19.2. The topological polar surface area (TPSA) is 85.8 Å². The third-order valence-electron chi connectivity index (χ3n) is 3.73. The molecule has 0 aliphatic carbocycles. The maximum atomic E-state index is 13.3. The average Bonchev–Trinajstić information content (AvgIpc) is 3.02. The Hall–Kier alpha value is -2.94. The second-order valence-corrected chi connectivity index (χ2v) is 6.64. The van der Waals surface area contributed by atoms with Crippen LogP contribution in [0.3, 0.4) is 0 Å². The van der Waals surface area contributed by atoms with Crippen LogP contribution in [-0.4, -0.2) is 33.1 Å². The molecule has 140 valence electrons. The van der Waals surface area contributed by atoms with Gasteiger partial charge in [0, 0.05) is 12.1 Å². The number of hydrogen-bond donors (Lipinski definition) is 2. The fourth-order valence-corrected chi connectivity index (χ4v) is 3.06. The molecule has 0 aliphatic rings. The summed E-state index contributed by atoms with van der Waals surface area (Å²) in [5.41, 5.74) is 1.44. The van der Waals surface area contributed by atoms with Gasteiger partial charge < -0.3 is 11.2 Å². The number of halogens is 2. The molecule has 0 radical (unpaired) electrons. The van der Waals surface area contributed by atoms with Gasteiger partial charge in [-0.25, -0.2) is 13.5 Å². The first kappa shape index (κ1) is 18.8. The lowest BCUT2D eigenvalue weighted by Gasteiger charge is -2.06. The molecule has 1 heterocycles. The molecule has 0 saturated carbocycles. The van der Waals surface area contributed by atoms with Gasteiger partial charge in [0.15, 0.2) is 5.82 Å². The van der Waals surface area contributed by atoms with E-state index in [4.69, 9.17) is 5.84 Å². The molecular formula is C18H17F2N5OS. The summed E-state index contributed by atoms with van der Waals surface area (Å²) in [6, 6.07) is 12.0. The van der Waals surface area contributed by atoms with Crippen LogP contribution in [0.2, 0.25) is 0 Å². The lowest BCUT2D eigenvalue weighted by molar-refractivity contribution is -0.118. The lowest BCUT2D eigenvalue weighted by atomic mass is 10.1. The van der Waals surface area contributed by atoms with E-state index in [2.05, 4.69) is 15.5 Å². The lowest BCUT2D eigenvalue weighted by Crippen LogP contribution is -2.27. The van der Waals surface area contributed by atoms with Gasteiger partial charge in [-0.05, 0) is 36.2 Å². The van der Waals surface area contributed by atoms with Gasteiger partial charge in [0.1, 0.15) is 11.6 Å². The minimum Gasteiger partial charge on any atom is -0.355 e. The minimum absolute atomic E-state index is 0.113. The molecule has 6 nitrogen and oxygen atoms in total. The first-order valence-electron chi connectivity index (χ1n) is 8.13. The number of nitrogen functional groups attached to an aromatic ring is 1. The average molecular weight is 389 g/mol. The molecule has 3 rings (SSSR count). The summed E-state index contributed by atoms with van der Waals surface area (Å²) in [5, 5.41) is 11.0. The first-order valence-corrected chi connectivity index (χ1v) is 9.12. The maximum Gasteiger partial charge on any atom is 0.230 e. The van der Waals surface area contributed by atoms with Crippen LogP contribution in [-0.2, 0) is 11.2 Å². The maximum absolute atomic E-state index is 13.3. The Bertz CT molecular complexity index is 930. The van der Waals surface area contributed by atoms with E-state index in [9.17, 15) is 13.6 Å². The van der Waals surface area contributed by atoms with Crippen molar-refractivity contribution in [2.24, 2.45) is 0 Å². The highest BCUT2D eigenvalue weighted by Gasteiger charge is 2.14. The highest BCUT2D eigenvalue weighted by Crippen LogP contribution is 2.21. The monoisotopic (exact) mass is 389 g/mol. The zero-order valence-electron chi connectivity index (χ0n) is 14.2. The number of benzene rings is 2. The number of aromatic nitrogens is 3. The van der Waals surface area contributed by atoms with Crippen molar-refractivity contribution in [1.29, 1.82) is 0 Å². The van der Waals surface area contributed by atoms with Gasteiger partial charge in [0.25, 0.3) is 0 Å². The minimum atomic E-state index is -0.398. The largest absolute Gasteiger partial charge is 0.355 e. The number of hydrogen-bond acceptors (Lipinski definition) is 5. The smallest absolute Gasteiger partial charge is 0.230 e. The summed E-state index contributed by atoms with van der Waals surface area (Å²) in [6.45, 7) is 0.439. The van der Waals surface area contributed by atoms with E-state index in [-0.39, 0.29) is 17.5 Å². The summed E-state index contributed by atoms with van der Waals surface area (Å²) in [6.07, 6.45) is 0.605. The molecular weight excluding hydrogens is 372 g/mol. The van der Waals surface area contributed by atoms with E-state index in [0.29, 0.717) is 29.5 Å². The number of carbonyl (C=O) groups is 1. The molecule has 3 aromatic rings. The molecule has 1 amide bonds. The van der Waals surface area contributed by atoms with E-state index >= 15 is 0 Å². The Labute approximate surface area is 158 Å². The summed E-state index contributed by atoms with van der Waals surface area (Å²) >= 11 is 1.13. The zero-order valence-corrected chi connectivity index (χ0v) is 15.0. The predicted octanol–water partition coefficient (Wildman–Crippen LogP) is 2.39. The molecule has 0 bridgehead atoms. The van der Waals surface area contributed by atoms with Gasteiger partial charge in [-0.1, -0.05) is 36.0 Å². The summed E-state index contributed by atoms with van der Waals surface area (Å²) < 4.78 is 27.4. The van der Waals surface area contributed by atoms with Crippen molar-refractivity contribution in [3.8, 4) is 11.4 Å². The van der Waals surface area contributed by atoms with E-state index in [1.807, 2.05) is 0 Å². The van der Waals surface area contributed by atoms with E-state index in [0.717, 1.165) is 17.3 Å². The highest BCUT2D eigenvalue weighted by molar-refractivity contribution is 7.99. The molecule has 1 aromatic heterocycles. The standard InChI is InChI=1S/C18H17F2N5OS/c19-14-6-4-12(5-7-14)8-9-22-16(26)11-27-18-24-23-17(25(18)21)13-2-1-3-15(20)10-13/h1-7,10H,8-9,11,21H2,(H,22,26). The van der Waals surface area contributed by atoms with Gasteiger partial charge >= 0.3 is 0 Å². The fraction of sp³-hybridized carbons (Fsp3) is 0.167. The quantitative estimate of drug-likeness (QED) is 0.479. The molecule has 0 aliphatic heterocycles. The van der Waals surface area contributed by atoms with Crippen LogP contribution in [0.4, 0.5) is 8.78 Å². The molecule has 0 unspecified atom stereocenters. The highest BCUT2D eigenvalue weighted by atomic mass is 32.2. The van der Waals surface area contributed by atoms with Crippen molar-refractivity contribution in [2.45, 2.75) is 11.6 Å². The fourth-order valence-electron chi connectivity index (χ4n) is 2.38. The normalized spacial score (nSPS) is 10.7. The SMILES string of the molecule is Nn1c(SCC(=O)NCCc2ccc(F)cc2)nnc1-c1cccc(F)c1. The second-order valence-electron chi connectivity index (χ2n) is 5.70. The summed E-state index contributed by atoms with van der Waals surface area (Å²) in [5.74, 6) is 5.50. The molecule has 0 spiro atoms. The van der Waals surface area contributed by atoms with Crippen LogP contribution in [0.15, 0.2) is 53.7 Å². The molecule has 27 heavy (non-hydrogen) atoms. The van der Waals surface area contributed by atoms with Gasteiger partial charge in [-0.15, -0.1) is 10.2 Å². The number of carbonyl (C=O) groups excluding carboxylic acids is 1. The molecule has 2 aromatic carbocycles. The third kappa shape index (κ3) is 5.04. The van der Waals surface area contributed by atoms with Crippen LogP contribution in [0, 0.1) is 11.6 Å². The van der Waals surface area contributed by atoms with Crippen molar-refractivity contribution in [1.82, 2.24) is 20.2 Å². The molecule has 0 fully saturated rings. The van der Waals surface area contributed by atoms with Gasteiger partial charge in [0.2, 0.25) is 11.1 Å². The Morgan fingerprint density at radius 2 is 1.89 bits per heavy atom. The van der Waals surface area contributed by atoms with Crippen molar-refractivity contribution in [2.75, 3.05) is 18.1 Å². The van der Waals surface area contributed by atoms with Crippen molar-refractivity contribution in [3.05, 3.63) is 65.7 Å². The van der Waals surface area contributed by atoms with Crippen molar-refractivity contribution >= 4 is 17.7 Å². The Morgan fingerprint density at radius 1 is 1.11 bits per heavy atom.